The Kier molecular flexibility index (Phi) is 4.71. The number of aromatic nitrogens is 7. The van der Waals surface area contributed by atoms with Gasteiger partial charge in [0.1, 0.15) is 5.82 Å². The third-order valence-corrected chi connectivity index (χ3v) is 5.58. The number of hydrogen-bond donors (Lipinski definition) is 2. The summed E-state index contributed by atoms with van der Waals surface area (Å²) in [6, 6.07) is 17.0. The van der Waals surface area contributed by atoms with Crippen LogP contribution in [0.25, 0.3) is 16.7 Å². The van der Waals surface area contributed by atoms with Crippen LogP contribution >= 0.6 is 11.8 Å². The molecule has 0 aliphatic heterocycles. The zero-order valence-electron chi connectivity index (χ0n) is 16.4. The molecule has 0 fully saturated rings. The molecule has 0 bridgehead atoms. The highest BCUT2D eigenvalue weighted by Gasteiger charge is 2.15. The summed E-state index contributed by atoms with van der Waals surface area (Å²) in [6.45, 7) is 0. The molecule has 154 valence electrons. The van der Waals surface area contributed by atoms with Gasteiger partial charge < -0.3 is 11.1 Å². The van der Waals surface area contributed by atoms with E-state index in [1.165, 1.54) is 16.3 Å². The Morgan fingerprint density at radius 1 is 1.00 bits per heavy atom. The number of rotatable bonds is 5. The number of hydrogen-bond acceptors (Lipinski definition) is 9. The molecule has 0 saturated carbocycles. The van der Waals surface area contributed by atoms with Gasteiger partial charge in [0, 0.05) is 12.7 Å². The van der Waals surface area contributed by atoms with Gasteiger partial charge in [-0.15, -0.1) is 10.2 Å². The molecular weight excluding hydrogens is 414 g/mol. The van der Waals surface area contributed by atoms with Gasteiger partial charge in [-0.25, -0.2) is 0 Å². The van der Waals surface area contributed by atoms with Crippen LogP contribution in [-0.2, 0) is 12.8 Å². The summed E-state index contributed by atoms with van der Waals surface area (Å²) < 4.78 is 3.34. The Labute approximate surface area is 180 Å². The maximum absolute atomic E-state index is 12.6. The number of nitrogens with two attached hydrogens (primary N) is 1. The average molecular weight is 431 g/mol. The number of nitrogens with zero attached hydrogens (tertiary/aromatic N) is 7. The molecule has 31 heavy (non-hydrogen) atoms. The minimum Gasteiger partial charge on any atom is -0.368 e. The van der Waals surface area contributed by atoms with Crippen molar-refractivity contribution in [3.8, 4) is 0 Å². The van der Waals surface area contributed by atoms with E-state index in [0.29, 0.717) is 33.8 Å². The first-order valence-corrected chi connectivity index (χ1v) is 10.4. The summed E-state index contributed by atoms with van der Waals surface area (Å²) in [6.07, 6.45) is 0. The van der Waals surface area contributed by atoms with E-state index in [9.17, 15) is 4.79 Å². The molecule has 0 amide bonds. The summed E-state index contributed by atoms with van der Waals surface area (Å²) in [4.78, 5) is 25.4. The van der Waals surface area contributed by atoms with E-state index < -0.39 is 0 Å². The first-order chi connectivity index (χ1) is 15.1. The summed E-state index contributed by atoms with van der Waals surface area (Å²) in [5, 5.41) is 12.8. The SMILES string of the molecule is Cn1c(=O)c2ccccc2n2c(SCc3nc(N)nc(Nc4ccccc4)n3)nnc12. The fourth-order valence-corrected chi connectivity index (χ4v) is 4.04. The Morgan fingerprint density at radius 2 is 1.77 bits per heavy atom. The maximum atomic E-state index is 12.6. The summed E-state index contributed by atoms with van der Waals surface area (Å²) >= 11 is 1.40. The lowest BCUT2D eigenvalue weighted by atomic mass is 10.2. The van der Waals surface area contributed by atoms with Crippen LogP contribution in [0.1, 0.15) is 5.82 Å². The van der Waals surface area contributed by atoms with Crippen LogP contribution in [0.2, 0.25) is 0 Å². The van der Waals surface area contributed by atoms with Crippen molar-refractivity contribution in [1.29, 1.82) is 0 Å². The van der Waals surface area contributed by atoms with Gasteiger partial charge in [0.25, 0.3) is 5.56 Å². The van der Waals surface area contributed by atoms with E-state index in [-0.39, 0.29) is 11.5 Å². The second kappa shape index (κ2) is 7.69. The van der Waals surface area contributed by atoms with Crippen molar-refractivity contribution in [2.24, 2.45) is 7.05 Å². The van der Waals surface area contributed by atoms with Gasteiger partial charge in [-0.2, -0.15) is 15.0 Å². The Morgan fingerprint density at radius 3 is 2.61 bits per heavy atom. The number of fused-ring (bicyclic) bond motifs is 3. The molecule has 0 aliphatic rings. The quantitative estimate of drug-likeness (QED) is 0.403. The van der Waals surface area contributed by atoms with Crippen molar-refractivity contribution < 1.29 is 0 Å². The number of aryl methyl sites for hydroxylation is 1. The highest BCUT2D eigenvalue weighted by Crippen LogP contribution is 2.24. The molecule has 3 aromatic heterocycles. The highest BCUT2D eigenvalue weighted by atomic mass is 32.2. The second-order valence-corrected chi connectivity index (χ2v) is 7.65. The van der Waals surface area contributed by atoms with Crippen molar-refractivity contribution >= 4 is 46.0 Å². The minimum absolute atomic E-state index is 0.117. The van der Waals surface area contributed by atoms with E-state index in [1.807, 2.05) is 52.9 Å². The smallest absolute Gasteiger partial charge is 0.262 e. The minimum atomic E-state index is -0.117. The standard InChI is InChI=1S/C20H17N9OS/c1-28-16(30)13-9-5-6-10-14(13)29-19(28)26-27-20(29)31-11-15-23-17(21)25-18(24-15)22-12-7-3-2-4-8-12/h2-10H,11H2,1H3,(H3,21,22,23,24,25). The molecule has 0 unspecified atom stereocenters. The highest BCUT2D eigenvalue weighted by molar-refractivity contribution is 7.98. The zero-order chi connectivity index (χ0) is 21.4. The van der Waals surface area contributed by atoms with Crippen molar-refractivity contribution in [2.45, 2.75) is 10.9 Å². The lowest BCUT2D eigenvalue weighted by molar-refractivity contribution is 0.853. The van der Waals surface area contributed by atoms with E-state index in [0.717, 1.165) is 11.2 Å². The number of benzene rings is 2. The maximum Gasteiger partial charge on any atom is 0.262 e. The van der Waals surface area contributed by atoms with Crippen LogP contribution in [0.5, 0.6) is 0 Å². The molecule has 5 rings (SSSR count). The van der Waals surface area contributed by atoms with Crippen LogP contribution in [0.3, 0.4) is 0 Å². The lowest BCUT2D eigenvalue weighted by Crippen LogP contribution is -2.20. The van der Waals surface area contributed by atoms with Crippen LogP contribution in [0, 0.1) is 0 Å². The van der Waals surface area contributed by atoms with Gasteiger partial charge in [-0.1, -0.05) is 42.1 Å². The van der Waals surface area contributed by atoms with Gasteiger partial charge in [0.05, 0.1) is 16.7 Å². The molecule has 0 radical (unpaired) electrons. The summed E-state index contributed by atoms with van der Waals surface area (Å²) in [5.41, 5.74) is 7.36. The molecule has 3 heterocycles. The zero-order valence-corrected chi connectivity index (χ0v) is 17.2. The Balaban J connectivity index is 1.47. The third kappa shape index (κ3) is 3.55. The molecule has 0 spiro atoms. The van der Waals surface area contributed by atoms with Crippen LogP contribution in [0.15, 0.2) is 64.5 Å². The van der Waals surface area contributed by atoms with Gasteiger partial charge >= 0.3 is 0 Å². The summed E-state index contributed by atoms with van der Waals surface area (Å²) in [7, 11) is 1.68. The number of anilines is 3. The van der Waals surface area contributed by atoms with Crippen molar-refractivity contribution in [2.75, 3.05) is 11.1 Å². The third-order valence-electron chi connectivity index (χ3n) is 4.66. The van der Waals surface area contributed by atoms with Crippen LogP contribution in [-0.4, -0.2) is 34.1 Å². The first-order valence-electron chi connectivity index (χ1n) is 9.38. The van der Waals surface area contributed by atoms with Gasteiger partial charge in [0.15, 0.2) is 5.16 Å². The molecular formula is C20H17N9OS. The van der Waals surface area contributed by atoms with E-state index >= 15 is 0 Å². The van der Waals surface area contributed by atoms with Gasteiger partial charge in [-0.05, 0) is 24.3 Å². The number of para-hydroxylation sites is 2. The van der Waals surface area contributed by atoms with Gasteiger partial charge in [0.2, 0.25) is 17.7 Å². The van der Waals surface area contributed by atoms with Crippen LogP contribution in [0.4, 0.5) is 17.6 Å². The molecule has 11 heteroatoms. The van der Waals surface area contributed by atoms with Gasteiger partial charge in [-0.3, -0.25) is 13.8 Å². The second-order valence-electron chi connectivity index (χ2n) is 6.71. The monoisotopic (exact) mass is 431 g/mol. The fraction of sp³-hybridized carbons (Fsp3) is 0.100. The largest absolute Gasteiger partial charge is 0.368 e. The normalized spacial score (nSPS) is 11.3. The predicted molar refractivity (Wildman–Crippen MR) is 119 cm³/mol. The van der Waals surface area contributed by atoms with E-state index in [2.05, 4.69) is 30.5 Å². The molecule has 0 atom stereocenters. The topological polar surface area (TPSA) is 129 Å². The molecule has 2 aromatic carbocycles. The van der Waals surface area contributed by atoms with E-state index in [4.69, 9.17) is 5.73 Å². The molecule has 5 aromatic rings. The fourth-order valence-electron chi connectivity index (χ4n) is 3.24. The predicted octanol–water partition coefficient (Wildman–Crippen LogP) is 2.38. The molecule has 0 saturated heterocycles. The number of nitrogen functional groups attached to an aromatic ring is 1. The number of nitrogens with one attached hydrogen (secondary N) is 1. The van der Waals surface area contributed by atoms with Crippen molar-refractivity contribution in [3.05, 3.63) is 70.8 Å². The number of thioether (sulfide) groups is 1. The lowest BCUT2D eigenvalue weighted by Gasteiger charge is -2.08. The van der Waals surface area contributed by atoms with E-state index in [1.54, 1.807) is 13.1 Å². The first kappa shape index (κ1) is 19.0. The summed E-state index contributed by atoms with van der Waals surface area (Å²) in [5.74, 6) is 1.86. The van der Waals surface area contributed by atoms with Crippen LogP contribution < -0.4 is 16.6 Å². The Bertz CT molecular complexity index is 1460. The molecule has 10 nitrogen and oxygen atoms in total. The van der Waals surface area contributed by atoms with Crippen molar-refractivity contribution in [3.63, 3.8) is 0 Å². The molecule has 3 N–H and O–H groups in total. The average Bonchev–Trinajstić information content (AvgIpc) is 3.21. The van der Waals surface area contributed by atoms with Crippen molar-refractivity contribution in [1.82, 2.24) is 34.1 Å². The molecule has 0 aliphatic carbocycles. The Hall–Kier alpha value is -3.99.